The van der Waals surface area contributed by atoms with Gasteiger partial charge in [0.05, 0.1) is 17.1 Å². The van der Waals surface area contributed by atoms with Gasteiger partial charge in [0.1, 0.15) is 5.82 Å². The lowest BCUT2D eigenvalue weighted by Gasteiger charge is -2.23. The molecule has 1 atom stereocenters. The number of aryl methyl sites for hydroxylation is 1. The minimum Gasteiger partial charge on any atom is -0.333 e. The number of unbranched alkanes of at least 4 members (excludes halogenated alkanes) is 2. The number of benzene rings is 1. The maximum absolute atomic E-state index is 11.9. The first kappa shape index (κ1) is 15.1. The molecule has 1 saturated heterocycles. The van der Waals surface area contributed by atoms with E-state index in [0.29, 0.717) is 0 Å². The van der Waals surface area contributed by atoms with Crippen molar-refractivity contribution in [2.45, 2.75) is 58.5 Å². The monoisotopic (exact) mass is 299 g/mol. The predicted molar refractivity (Wildman–Crippen MR) is 88.6 cm³/mol. The highest BCUT2D eigenvalue weighted by Gasteiger charge is 2.31. The summed E-state index contributed by atoms with van der Waals surface area (Å²) < 4.78 is 2.34. The summed E-state index contributed by atoms with van der Waals surface area (Å²) in [4.78, 5) is 18.8. The number of likely N-dealkylation sites (tertiary alicyclic amines) is 1. The zero-order valence-electron chi connectivity index (χ0n) is 13.6. The molecule has 0 N–H and O–H groups in total. The fraction of sp³-hybridized carbons (Fsp3) is 0.556. The molecule has 1 aromatic carbocycles. The highest BCUT2D eigenvalue weighted by molar-refractivity contribution is 5.77. The van der Waals surface area contributed by atoms with Gasteiger partial charge in [0.25, 0.3) is 0 Å². The number of nitrogens with zero attached hydrogens (tertiary/aromatic N) is 3. The molecular formula is C18H25N3O. The second kappa shape index (κ2) is 6.51. The van der Waals surface area contributed by atoms with E-state index in [4.69, 9.17) is 4.98 Å². The molecule has 1 aromatic heterocycles. The number of aromatic nitrogens is 2. The van der Waals surface area contributed by atoms with Crippen molar-refractivity contribution in [1.29, 1.82) is 0 Å². The van der Waals surface area contributed by atoms with Crippen LogP contribution in [0.5, 0.6) is 0 Å². The number of rotatable bonds is 5. The quantitative estimate of drug-likeness (QED) is 0.785. The molecule has 0 radical (unpaired) electrons. The highest BCUT2D eigenvalue weighted by atomic mass is 16.2. The van der Waals surface area contributed by atoms with Crippen molar-refractivity contribution in [2.24, 2.45) is 0 Å². The van der Waals surface area contributed by atoms with E-state index in [2.05, 4.69) is 29.7 Å². The van der Waals surface area contributed by atoms with Crippen molar-refractivity contribution >= 4 is 16.9 Å². The van der Waals surface area contributed by atoms with Gasteiger partial charge in [-0.1, -0.05) is 31.9 Å². The molecule has 0 spiro atoms. The summed E-state index contributed by atoms with van der Waals surface area (Å²) in [5.41, 5.74) is 2.24. The van der Waals surface area contributed by atoms with Gasteiger partial charge in [0.2, 0.25) is 5.91 Å². The number of para-hydroxylation sites is 2. The minimum absolute atomic E-state index is 0.145. The van der Waals surface area contributed by atoms with Crippen molar-refractivity contribution in [3.05, 3.63) is 30.1 Å². The first-order valence-electron chi connectivity index (χ1n) is 8.44. The fourth-order valence-corrected chi connectivity index (χ4v) is 3.52. The lowest BCUT2D eigenvalue weighted by atomic mass is 10.2. The lowest BCUT2D eigenvalue weighted by Crippen LogP contribution is -2.29. The van der Waals surface area contributed by atoms with Crippen LogP contribution in [0, 0.1) is 0 Å². The third-order valence-electron chi connectivity index (χ3n) is 4.62. The van der Waals surface area contributed by atoms with Gasteiger partial charge in [-0.2, -0.15) is 0 Å². The molecule has 0 bridgehead atoms. The summed E-state index contributed by atoms with van der Waals surface area (Å²) in [6, 6.07) is 8.47. The van der Waals surface area contributed by atoms with E-state index in [1.54, 1.807) is 6.92 Å². The van der Waals surface area contributed by atoms with Gasteiger partial charge in [0.15, 0.2) is 0 Å². The highest BCUT2D eigenvalue weighted by Crippen LogP contribution is 2.33. The maximum atomic E-state index is 11.9. The van der Waals surface area contributed by atoms with Gasteiger partial charge in [-0.05, 0) is 31.4 Å². The Morgan fingerprint density at radius 3 is 2.91 bits per heavy atom. The van der Waals surface area contributed by atoms with Crippen LogP contribution in [-0.2, 0) is 11.3 Å². The molecule has 0 unspecified atom stereocenters. The van der Waals surface area contributed by atoms with Gasteiger partial charge >= 0.3 is 0 Å². The number of hydrogen-bond donors (Lipinski definition) is 0. The Labute approximate surface area is 132 Å². The van der Waals surface area contributed by atoms with Gasteiger partial charge in [-0.15, -0.1) is 0 Å². The molecule has 2 aromatic rings. The Kier molecular flexibility index (Phi) is 4.46. The van der Waals surface area contributed by atoms with Gasteiger partial charge in [-0.3, -0.25) is 4.79 Å². The zero-order valence-corrected chi connectivity index (χ0v) is 13.6. The van der Waals surface area contributed by atoms with E-state index in [1.807, 2.05) is 11.0 Å². The van der Waals surface area contributed by atoms with Crippen LogP contribution in [0.1, 0.15) is 57.8 Å². The molecule has 0 saturated carbocycles. The molecule has 22 heavy (non-hydrogen) atoms. The molecule has 4 heteroatoms. The fourth-order valence-electron chi connectivity index (χ4n) is 3.52. The second-order valence-corrected chi connectivity index (χ2v) is 6.19. The van der Waals surface area contributed by atoms with Crippen LogP contribution in [0.25, 0.3) is 11.0 Å². The minimum atomic E-state index is 0.145. The number of fused-ring (bicyclic) bond motifs is 1. The standard InChI is InChI=1S/C18H25N3O/c1-3-4-7-12-21-16-10-6-5-9-15(16)19-18(21)17-11-8-13-20(17)14(2)22/h5-6,9-10,17H,3-4,7-8,11-13H2,1-2H3/t17-/m1/s1. The van der Waals surface area contributed by atoms with Crippen molar-refractivity contribution in [3.63, 3.8) is 0 Å². The van der Waals surface area contributed by atoms with Crippen LogP contribution >= 0.6 is 0 Å². The maximum Gasteiger partial charge on any atom is 0.220 e. The predicted octanol–water partition coefficient (Wildman–Crippen LogP) is 3.91. The van der Waals surface area contributed by atoms with Gasteiger partial charge in [0, 0.05) is 20.0 Å². The van der Waals surface area contributed by atoms with Crippen molar-refractivity contribution < 1.29 is 4.79 Å². The van der Waals surface area contributed by atoms with Crippen molar-refractivity contribution in [1.82, 2.24) is 14.5 Å². The second-order valence-electron chi connectivity index (χ2n) is 6.19. The molecule has 4 nitrogen and oxygen atoms in total. The van der Waals surface area contributed by atoms with E-state index in [-0.39, 0.29) is 11.9 Å². The smallest absolute Gasteiger partial charge is 0.220 e. The summed E-state index contributed by atoms with van der Waals surface area (Å²) in [6.45, 7) is 5.74. The SMILES string of the molecule is CCCCCn1c([C@H]2CCCN2C(C)=O)nc2ccccc21. The van der Waals surface area contributed by atoms with E-state index in [9.17, 15) is 4.79 Å². The normalized spacial score (nSPS) is 18.3. The molecule has 1 aliphatic heterocycles. The first-order valence-corrected chi connectivity index (χ1v) is 8.44. The molecule has 1 fully saturated rings. The summed E-state index contributed by atoms with van der Waals surface area (Å²) in [7, 11) is 0. The average Bonchev–Trinajstić information content (AvgIpc) is 3.12. The Bertz CT molecular complexity index is 661. The molecular weight excluding hydrogens is 274 g/mol. The van der Waals surface area contributed by atoms with Crippen LogP contribution in [0.3, 0.4) is 0 Å². The lowest BCUT2D eigenvalue weighted by molar-refractivity contribution is -0.129. The van der Waals surface area contributed by atoms with Crippen LogP contribution in [0.4, 0.5) is 0 Å². The van der Waals surface area contributed by atoms with Gasteiger partial charge < -0.3 is 9.47 Å². The van der Waals surface area contributed by atoms with Crippen molar-refractivity contribution in [3.8, 4) is 0 Å². The van der Waals surface area contributed by atoms with E-state index < -0.39 is 0 Å². The Morgan fingerprint density at radius 2 is 2.14 bits per heavy atom. The zero-order chi connectivity index (χ0) is 15.5. The summed E-state index contributed by atoms with van der Waals surface area (Å²) in [6.07, 6.45) is 5.70. The number of hydrogen-bond acceptors (Lipinski definition) is 2. The molecule has 1 amide bonds. The van der Waals surface area contributed by atoms with Crippen LogP contribution in [-0.4, -0.2) is 26.9 Å². The van der Waals surface area contributed by atoms with Crippen LogP contribution in [0.2, 0.25) is 0 Å². The van der Waals surface area contributed by atoms with Crippen LogP contribution < -0.4 is 0 Å². The Hall–Kier alpha value is -1.84. The summed E-state index contributed by atoms with van der Waals surface area (Å²) >= 11 is 0. The average molecular weight is 299 g/mol. The topological polar surface area (TPSA) is 38.1 Å². The summed E-state index contributed by atoms with van der Waals surface area (Å²) in [5.74, 6) is 1.24. The van der Waals surface area contributed by atoms with Crippen LogP contribution in [0.15, 0.2) is 24.3 Å². The number of amides is 1. The van der Waals surface area contributed by atoms with Crippen molar-refractivity contribution in [2.75, 3.05) is 6.54 Å². The third kappa shape index (κ3) is 2.74. The van der Waals surface area contributed by atoms with Gasteiger partial charge in [-0.25, -0.2) is 4.98 Å². The molecule has 3 rings (SSSR count). The largest absolute Gasteiger partial charge is 0.333 e. The van der Waals surface area contributed by atoms with E-state index in [0.717, 1.165) is 43.7 Å². The molecule has 118 valence electrons. The molecule has 2 heterocycles. The van der Waals surface area contributed by atoms with E-state index >= 15 is 0 Å². The number of carbonyl (C=O) groups is 1. The third-order valence-corrected chi connectivity index (χ3v) is 4.62. The van der Waals surface area contributed by atoms with E-state index in [1.165, 1.54) is 18.4 Å². The Balaban J connectivity index is 2.00. The molecule has 0 aliphatic carbocycles. The number of carbonyl (C=O) groups excluding carboxylic acids is 1. The Morgan fingerprint density at radius 1 is 1.32 bits per heavy atom. The summed E-state index contributed by atoms with van der Waals surface area (Å²) in [5, 5.41) is 0. The first-order chi connectivity index (χ1) is 10.7. The molecule has 1 aliphatic rings. The number of imidazole rings is 1.